The van der Waals surface area contributed by atoms with Gasteiger partial charge in [-0.3, -0.25) is 15.0 Å². The normalized spacial score (nSPS) is 11.0. The summed E-state index contributed by atoms with van der Waals surface area (Å²) in [7, 11) is 0. The predicted molar refractivity (Wildman–Crippen MR) is 480 cm³/mol. The van der Waals surface area contributed by atoms with Crippen molar-refractivity contribution >= 4 is 0 Å². The Bertz CT molecular complexity index is 6510. The van der Waals surface area contributed by atoms with E-state index in [0.717, 1.165) is 152 Å². The van der Waals surface area contributed by atoms with Crippen molar-refractivity contribution in [3.8, 4) is 204 Å². The molecular formula is C106H70N14. The Kier molecular flexibility index (Phi) is 21.0. The summed E-state index contributed by atoms with van der Waals surface area (Å²) in [5.74, 6) is 2.48. The molecule has 0 N–H and O–H groups in total. The van der Waals surface area contributed by atoms with Gasteiger partial charge in [0.2, 0.25) is 0 Å². The molecule has 0 radical (unpaired) electrons. The van der Waals surface area contributed by atoms with Gasteiger partial charge >= 0.3 is 0 Å². The number of hydrogen-bond acceptors (Lipinski definition) is 14. The Labute approximate surface area is 694 Å². The highest BCUT2D eigenvalue weighted by atomic mass is 14.9. The Hall–Kier alpha value is -16.6. The number of hydrogen-bond donors (Lipinski definition) is 0. The van der Waals surface area contributed by atoms with E-state index in [2.05, 4.69) is 121 Å². The summed E-state index contributed by atoms with van der Waals surface area (Å²) in [5.41, 5.74) is 27.6. The van der Waals surface area contributed by atoms with Gasteiger partial charge in [-0.05, 0) is 119 Å². The van der Waals surface area contributed by atoms with Crippen LogP contribution in [0.25, 0.3) is 204 Å². The van der Waals surface area contributed by atoms with E-state index in [1.54, 1.807) is 0 Å². The molecule has 0 atom stereocenters. The number of nitrogens with zero attached hydrogens (tertiary/aromatic N) is 14. The molecule has 0 amide bonds. The van der Waals surface area contributed by atoms with Crippen molar-refractivity contribution in [2.75, 3.05) is 0 Å². The molecule has 14 heteroatoms. The monoisotopic (exact) mass is 1540 g/mol. The fourth-order valence-corrected chi connectivity index (χ4v) is 14.3. The molecule has 120 heavy (non-hydrogen) atoms. The standard InChI is InChI=1S/2C53H35N7/c1-6-17-36(18-7-1)42-31-49(43-30-29-41(35-54-43)53-58-46(37-19-8-2-9-20-37)33-47(59-53)38-21-10-3-11-22-38)56-50(32-42)44-27-16-28-45(55-44)51-34-48(39-23-12-4-13-24-39)57-52(60-51)40-25-14-5-15-26-40;1-6-16-36(17-7-1)43-30-50(44-28-26-41(34-54-44)49-33-48(39-22-12-4-13-23-39)57-52(60-49)40-24-14-5-15-25-40)56-51(31-43)45-29-27-42(35-55-45)53-58-46(37-18-8-2-9-19-37)32-47(59-53)38-20-10-3-11-21-38/h2*1-35H. The summed E-state index contributed by atoms with van der Waals surface area (Å²) < 4.78 is 0. The molecule has 10 aromatic carbocycles. The molecule has 20 rings (SSSR count). The van der Waals surface area contributed by atoms with Gasteiger partial charge in [0, 0.05) is 79.8 Å². The second-order valence-corrected chi connectivity index (χ2v) is 28.5. The van der Waals surface area contributed by atoms with Crippen LogP contribution in [-0.4, -0.2) is 69.8 Å². The minimum Gasteiger partial charge on any atom is -0.254 e. The average Bonchev–Trinajstić information content (AvgIpc) is 0.787. The summed E-state index contributed by atoms with van der Waals surface area (Å²) in [4.78, 5) is 70.3. The zero-order valence-electron chi connectivity index (χ0n) is 64.7. The van der Waals surface area contributed by atoms with Crippen LogP contribution < -0.4 is 0 Å². The number of rotatable bonds is 18. The van der Waals surface area contributed by atoms with E-state index in [0.29, 0.717) is 51.8 Å². The topological polar surface area (TPSA) is 180 Å². The lowest BCUT2D eigenvalue weighted by Gasteiger charge is -2.12. The van der Waals surface area contributed by atoms with Crippen LogP contribution >= 0.6 is 0 Å². The SMILES string of the molecule is c1ccc(-c2cc(-c3ccc(-c4cc(-c5ccccc5)nc(-c5ccccc5)n4)cn3)nc(-c3ccc(-c4nc(-c5ccccc5)cc(-c5ccccc5)n4)cn3)c2)cc1.c1ccc(-c2cc(-c3ccc(-c4nc(-c5ccccc5)cc(-c5ccccc5)n4)cn3)nc(-c3cccc(-c4cc(-c5ccccc5)nc(-c5ccccc5)n4)n3)c2)cc1. The van der Waals surface area contributed by atoms with Gasteiger partial charge in [-0.15, -0.1) is 0 Å². The second-order valence-electron chi connectivity index (χ2n) is 28.5. The van der Waals surface area contributed by atoms with Crippen LogP contribution in [-0.2, 0) is 0 Å². The van der Waals surface area contributed by atoms with Gasteiger partial charge in [0.05, 0.1) is 96.8 Å². The van der Waals surface area contributed by atoms with Gasteiger partial charge in [0.1, 0.15) is 0 Å². The van der Waals surface area contributed by atoms with Gasteiger partial charge in [0.15, 0.2) is 23.3 Å². The molecule has 0 aliphatic carbocycles. The zero-order chi connectivity index (χ0) is 80.2. The molecule has 0 unspecified atom stereocenters. The maximum Gasteiger partial charge on any atom is 0.161 e. The van der Waals surface area contributed by atoms with Crippen molar-refractivity contribution in [2.24, 2.45) is 0 Å². The Morgan fingerprint density at radius 2 is 0.300 bits per heavy atom. The van der Waals surface area contributed by atoms with Gasteiger partial charge < -0.3 is 0 Å². The van der Waals surface area contributed by atoms with E-state index < -0.39 is 0 Å². The molecular weight excluding hydrogens is 1470 g/mol. The molecule has 10 heterocycles. The summed E-state index contributed by atoms with van der Waals surface area (Å²) in [5, 5.41) is 0. The highest BCUT2D eigenvalue weighted by Gasteiger charge is 2.21. The number of aromatic nitrogens is 14. The van der Waals surface area contributed by atoms with Crippen LogP contribution in [0.5, 0.6) is 0 Å². The van der Waals surface area contributed by atoms with Crippen LogP contribution in [0.4, 0.5) is 0 Å². The molecule has 0 saturated carbocycles. The summed E-state index contributed by atoms with van der Waals surface area (Å²) in [6.07, 6.45) is 5.51. The molecule has 14 nitrogen and oxygen atoms in total. The lowest BCUT2D eigenvalue weighted by Crippen LogP contribution is -1.99. The van der Waals surface area contributed by atoms with Crippen molar-refractivity contribution < 1.29 is 0 Å². The highest BCUT2D eigenvalue weighted by Crippen LogP contribution is 2.38. The Morgan fingerprint density at radius 3 is 0.567 bits per heavy atom. The highest BCUT2D eigenvalue weighted by molar-refractivity contribution is 5.82. The second kappa shape index (κ2) is 34.2. The van der Waals surface area contributed by atoms with Crippen LogP contribution in [0.15, 0.2) is 425 Å². The molecule has 0 aliphatic rings. The third-order valence-electron chi connectivity index (χ3n) is 20.4. The van der Waals surface area contributed by atoms with Gasteiger partial charge in [0.25, 0.3) is 0 Å². The third kappa shape index (κ3) is 16.7. The quantitative estimate of drug-likeness (QED) is 0.0791. The van der Waals surface area contributed by atoms with E-state index in [4.69, 9.17) is 69.8 Å². The Morgan fingerprint density at radius 1 is 0.100 bits per heavy atom. The molecule has 0 fully saturated rings. The molecule has 20 aromatic rings. The fraction of sp³-hybridized carbons (Fsp3) is 0. The van der Waals surface area contributed by atoms with Gasteiger partial charge in [-0.2, -0.15) is 0 Å². The van der Waals surface area contributed by atoms with E-state index in [-0.39, 0.29) is 0 Å². The van der Waals surface area contributed by atoms with E-state index in [9.17, 15) is 0 Å². The van der Waals surface area contributed by atoms with Crippen LogP contribution in [0, 0.1) is 0 Å². The summed E-state index contributed by atoms with van der Waals surface area (Å²) in [6.45, 7) is 0. The first-order valence-electron chi connectivity index (χ1n) is 39.4. The molecule has 0 spiro atoms. The first-order chi connectivity index (χ1) is 59.4. The maximum atomic E-state index is 5.19. The minimum atomic E-state index is 0.595. The Balaban J connectivity index is 0.000000159. The first kappa shape index (κ1) is 73.6. The van der Waals surface area contributed by atoms with Gasteiger partial charge in [-0.25, -0.2) is 54.8 Å². The number of pyridine rings is 6. The van der Waals surface area contributed by atoms with Crippen molar-refractivity contribution in [1.29, 1.82) is 0 Å². The largest absolute Gasteiger partial charge is 0.254 e. The lowest BCUT2D eigenvalue weighted by atomic mass is 10.0. The van der Waals surface area contributed by atoms with Crippen LogP contribution in [0.2, 0.25) is 0 Å². The molecule has 0 bridgehead atoms. The molecule has 0 aliphatic heterocycles. The average molecular weight is 1540 g/mol. The fourth-order valence-electron chi connectivity index (χ4n) is 14.3. The smallest absolute Gasteiger partial charge is 0.161 e. The summed E-state index contributed by atoms with van der Waals surface area (Å²) in [6, 6.07) is 136. The molecule has 564 valence electrons. The van der Waals surface area contributed by atoms with E-state index >= 15 is 0 Å². The summed E-state index contributed by atoms with van der Waals surface area (Å²) >= 11 is 0. The minimum absolute atomic E-state index is 0.595. The van der Waals surface area contributed by atoms with Crippen molar-refractivity contribution in [3.05, 3.63) is 425 Å². The number of benzene rings is 10. The van der Waals surface area contributed by atoms with E-state index in [1.807, 2.05) is 304 Å². The van der Waals surface area contributed by atoms with Crippen LogP contribution in [0.1, 0.15) is 0 Å². The maximum absolute atomic E-state index is 5.19. The van der Waals surface area contributed by atoms with Crippen molar-refractivity contribution in [3.63, 3.8) is 0 Å². The molecule has 10 aromatic heterocycles. The lowest BCUT2D eigenvalue weighted by molar-refractivity contribution is 1.15. The van der Waals surface area contributed by atoms with Gasteiger partial charge in [-0.1, -0.05) is 309 Å². The van der Waals surface area contributed by atoms with Crippen molar-refractivity contribution in [2.45, 2.75) is 0 Å². The van der Waals surface area contributed by atoms with Crippen LogP contribution in [0.3, 0.4) is 0 Å². The predicted octanol–water partition coefficient (Wildman–Crippen LogP) is 24.9. The van der Waals surface area contributed by atoms with E-state index in [1.165, 1.54) is 0 Å². The zero-order valence-corrected chi connectivity index (χ0v) is 64.7. The molecule has 0 saturated heterocycles. The first-order valence-corrected chi connectivity index (χ1v) is 39.4. The van der Waals surface area contributed by atoms with Crippen molar-refractivity contribution in [1.82, 2.24) is 69.8 Å². The third-order valence-corrected chi connectivity index (χ3v) is 20.4.